The maximum absolute atomic E-state index is 11.6. The third-order valence-electron chi connectivity index (χ3n) is 2.39. The number of nitrogens with zero attached hydrogens (tertiary/aromatic N) is 1. The largest absolute Gasteiger partial charge is 0.348 e. The van der Waals surface area contributed by atoms with E-state index in [1.165, 1.54) is 0 Å². The second-order valence-corrected chi connectivity index (χ2v) is 4.57. The van der Waals surface area contributed by atoms with Crippen LogP contribution in [0.5, 0.6) is 0 Å². The normalized spacial score (nSPS) is 24.4. The van der Waals surface area contributed by atoms with Crippen molar-refractivity contribution in [3.8, 4) is 0 Å². The van der Waals surface area contributed by atoms with E-state index >= 15 is 0 Å². The molecule has 1 aliphatic rings. The minimum absolute atomic E-state index is 0.0770. The minimum atomic E-state index is -0.0770. The maximum Gasteiger partial charge on any atom is 0.270 e. The molecule has 2 atom stereocenters. The first kappa shape index (κ1) is 9.65. The van der Waals surface area contributed by atoms with Gasteiger partial charge in [0.1, 0.15) is 5.69 Å². The molecule has 14 heavy (non-hydrogen) atoms. The third kappa shape index (κ3) is 2.12. The summed E-state index contributed by atoms with van der Waals surface area (Å²) in [5.41, 5.74) is 0.479. The van der Waals surface area contributed by atoms with Crippen molar-refractivity contribution in [1.29, 1.82) is 0 Å². The monoisotopic (exact) mass is 254 g/mol. The fourth-order valence-electron chi connectivity index (χ4n) is 1.28. The molecule has 0 radical (unpaired) electrons. The molecule has 0 saturated heterocycles. The zero-order valence-corrected chi connectivity index (χ0v) is 9.41. The van der Waals surface area contributed by atoms with Crippen LogP contribution in [0.15, 0.2) is 22.8 Å². The predicted molar refractivity (Wildman–Crippen MR) is 57.0 cm³/mol. The van der Waals surface area contributed by atoms with Crippen molar-refractivity contribution in [1.82, 2.24) is 10.3 Å². The predicted octanol–water partition coefficient (Wildman–Crippen LogP) is 1.98. The van der Waals surface area contributed by atoms with Crippen LogP contribution in [0.4, 0.5) is 0 Å². The highest BCUT2D eigenvalue weighted by atomic mass is 79.9. The number of halogens is 1. The van der Waals surface area contributed by atoms with Crippen molar-refractivity contribution < 1.29 is 4.79 Å². The Kier molecular flexibility index (Phi) is 2.54. The molecule has 1 heterocycles. The summed E-state index contributed by atoms with van der Waals surface area (Å²) in [6, 6.07) is 3.89. The van der Waals surface area contributed by atoms with Crippen molar-refractivity contribution in [2.75, 3.05) is 0 Å². The topological polar surface area (TPSA) is 42.0 Å². The highest BCUT2D eigenvalue weighted by molar-refractivity contribution is 9.10. The van der Waals surface area contributed by atoms with E-state index < -0.39 is 0 Å². The Balaban J connectivity index is 2.00. The van der Waals surface area contributed by atoms with Crippen LogP contribution in [0.3, 0.4) is 0 Å². The highest BCUT2D eigenvalue weighted by Gasteiger charge is 2.34. The Hall–Kier alpha value is -0.900. The molecular weight excluding hydrogens is 244 g/mol. The highest BCUT2D eigenvalue weighted by Crippen LogP contribution is 2.29. The molecular formula is C10H11BrN2O. The Bertz CT molecular complexity index is 350. The van der Waals surface area contributed by atoms with Crippen molar-refractivity contribution in [2.24, 2.45) is 5.92 Å². The summed E-state index contributed by atoms with van der Waals surface area (Å²) in [5, 5.41) is 2.92. The van der Waals surface area contributed by atoms with Gasteiger partial charge in [0.15, 0.2) is 0 Å². The summed E-state index contributed by atoms with van der Waals surface area (Å²) < 4.78 is 0.883. The smallest absolute Gasteiger partial charge is 0.270 e. The minimum Gasteiger partial charge on any atom is -0.348 e. The van der Waals surface area contributed by atoms with Crippen LogP contribution in [0.2, 0.25) is 0 Å². The van der Waals surface area contributed by atoms with Crippen molar-refractivity contribution in [2.45, 2.75) is 19.4 Å². The molecule has 0 aliphatic heterocycles. The molecule has 0 aromatic carbocycles. The van der Waals surface area contributed by atoms with Crippen molar-refractivity contribution in [3.05, 3.63) is 28.5 Å². The standard InChI is InChI=1S/C10H11BrN2O/c1-6-4-9(6)13-10(14)8-3-2-7(11)5-12-8/h2-3,5-6,9H,4H2,1H3,(H,13,14)/t6?,9-/m0/s1. The van der Waals surface area contributed by atoms with E-state index in [0.717, 1.165) is 10.9 Å². The average Bonchev–Trinajstić information content (AvgIpc) is 2.82. The van der Waals surface area contributed by atoms with Gasteiger partial charge in [0, 0.05) is 16.7 Å². The van der Waals surface area contributed by atoms with Gasteiger partial charge in [-0.05, 0) is 40.4 Å². The number of hydrogen-bond acceptors (Lipinski definition) is 2. The zero-order valence-electron chi connectivity index (χ0n) is 7.83. The van der Waals surface area contributed by atoms with Crippen LogP contribution in [-0.2, 0) is 0 Å². The Morgan fingerprint density at radius 1 is 1.64 bits per heavy atom. The van der Waals surface area contributed by atoms with Crippen molar-refractivity contribution >= 4 is 21.8 Å². The Morgan fingerprint density at radius 3 is 2.86 bits per heavy atom. The second-order valence-electron chi connectivity index (χ2n) is 3.65. The van der Waals surface area contributed by atoms with Crippen LogP contribution < -0.4 is 5.32 Å². The zero-order chi connectivity index (χ0) is 10.1. The SMILES string of the molecule is CC1C[C@@H]1NC(=O)c1ccc(Br)cn1. The van der Waals surface area contributed by atoms with Gasteiger partial charge in [-0.3, -0.25) is 4.79 Å². The summed E-state index contributed by atoms with van der Waals surface area (Å²) in [4.78, 5) is 15.6. The molecule has 2 rings (SSSR count). The van der Waals surface area contributed by atoms with Crippen LogP contribution >= 0.6 is 15.9 Å². The number of nitrogens with one attached hydrogen (secondary N) is 1. The number of amides is 1. The Morgan fingerprint density at radius 2 is 2.36 bits per heavy atom. The van der Waals surface area contributed by atoms with Gasteiger partial charge in [-0.15, -0.1) is 0 Å². The lowest BCUT2D eigenvalue weighted by Crippen LogP contribution is -2.27. The maximum atomic E-state index is 11.6. The van der Waals surface area contributed by atoms with Crippen LogP contribution in [0, 0.1) is 5.92 Å². The summed E-state index contributed by atoms with van der Waals surface area (Å²) in [5.74, 6) is 0.543. The average molecular weight is 255 g/mol. The first-order chi connectivity index (χ1) is 6.66. The van der Waals surface area contributed by atoms with E-state index in [4.69, 9.17) is 0 Å². The van der Waals surface area contributed by atoms with E-state index in [-0.39, 0.29) is 5.91 Å². The number of hydrogen-bond donors (Lipinski definition) is 1. The summed E-state index contributed by atoms with van der Waals surface area (Å²) in [6.07, 6.45) is 2.72. The molecule has 3 nitrogen and oxygen atoms in total. The van der Waals surface area contributed by atoms with Crippen LogP contribution in [0.25, 0.3) is 0 Å². The number of pyridine rings is 1. The molecule has 4 heteroatoms. The van der Waals surface area contributed by atoms with E-state index in [0.29, 0.717) is 17.7 Å². The lowest BCUT2D eigenvalue weighted by atomic mass is 10.3. The molecule has 0 spiro atoms. The molecule has 0 bridgehead atoms. The van der Waals surface area contributed by atoms with Gasteiger partial charge in [0.25, 0.3) is 5.91 Å². The first-order valence-corrected chi connectivity index (χ1v) is 5.38. The molecule has 1 aromatic rings. The lowest BCUT2D eigenvalue weighted by molar-refractivity contribution is 0.0944. The van der Waals surface area contributed by atoms with Gasteiger partial charge in [-0.2, -0.15) is 0 Å². The summed E-state index contributed by atoms with van der Waals surface area (Å²) >= 11 is 3.27. The number of carbonyl (C=O) groups is 1. The van der Waals surface area contributed by atoms with Crippen LogP contribution in [0.1, 0.15) is 23.8 Å². The lowest BCUT2D eigenvalue weighted by Gasteiger charge is -2.02. The molecule has 74 valence electrons. The van der Waals surface area contributed by atoms with Gasteiger partial charge in [-0.25, -0.2) is 4.98 Å². The van der Waals surface area contributed by atoms with Gasteiger partial charge in [0.2, 0.25) is 0 Å². The molecule has 1 amide bonds. The number of aromatic nitrogens is 1. The van der Waals surface area contributed by atoms with Gasteiger partial charge in [0.05, 0.1) is 0 Å². The van der Waals surface area contributed by atoms with Gasteiger partial charge >= 0.3 is 0 Å². The number of rotatable bonds is 2. The van der Waals surface area contributed by atoms with Crippen LogP contribution in [-0.4, -0.2) is 16.9 Å². The van der Waals surface area contributed by atoms with Gasteiger partial charge < -0.3 is 5.32 Å². The molecule has 1 aliphatic carbocycles. The van der Waals surface area contributed by atoms with E-state index in [2.05, 4.69) is 33.2 Å². The fourth-order valence-corrected chi connectivity index (χ4v) is 1.51. The molecule has 1 aromatic heterocycles. The third-order valence-corrected chi connectivity index (χ3v) is 2.86. The summed E-state index contributed by atoms with van der Waals surface area (Å²) in [6.45, 7) is 2.12. The molecule has 1 saturated carbocycles. The van der Waals surface area contributed by atoms with E-state index in [1.807, 2.05) is 6.07 Å². The molecule has 1 N–H and O–H groups in total. The van der Waals surface area contributed by atoms with E-state index in [1.54, 1.807) is 12.3 Å². The fraction of sp³-hybridized carbons (Fsp3) is 0.400. The molecule has 1 fully saturated rings. The first-order valence-electron chi connectivity index (χ1n) is 4.59. The Labute approximate surface area is 91.0 Å². The van der Waals surface area contributed by atoms with Crippen molar-refractivity contribution in [3.63, 3.8) is 0 Å². The molecule has 1 unspecified atom stereocenters. The summed E-state index contributed by atoms with van der Waals surface area (Å²) in [7, 11) is 0. The van der Waals surface area contributed by atoms with Gasteiger partial charge in [-0.1, -0.05) is 6.92 Å². The number of carbonyl (C=O) groups excluding carboxylic acids is 1. The quantitative estimate of drug-likeness (QED) is 0.877. The second kappa shape index (κ2) is 3.69. The van der Waals surface area contributed by atoms with E-state index in [9.17, 15) is 4.79 Å².